The Hall–Kier alpha value is -4.41. The summed E-state index contributed by atoms with van der Waals surface area (Å²) in [5, 5.41) is 51.2. The topological polar surface area (TPSA) is 308 Å². The zero-order valence-electron chi connectivity index (χ0n) is 51.8. The van der Waals surface area contributed by atoms with Crippen molar-refractivity contribution in [3.63, 3.8) is 0 Å². The Balaban J connectivity index is 1.06. The van der Waals surface area contributed by atoms with Crippen molar-refractivity contribution in [2.75, 3.05) is 73.1 Å². The molecule has 6 rings (SSSR count). The highest BCUT2D eigenvalue weighted by atomic mass is 35.5. The fourth-order valence-electron chi connectivity index (χ4n) is 12.3. The number of ether oxygens (including phenoxy) is 10. The van der Waals surface area contributed by atoms with Gasteiger partial charge in [-0.1, -0.05) is 39.3 Å². The van der Waals surface area contributed by atoms with Gasteiger partial charge >= 0.3 is 17.9 Å². The number of aliphatic hydroxyl groups is 3. The number of halogens is 1. The third kappa shape index (κ3) is 16.7. The fourth-order valence-corrected chi connectivity index (χ4v) is 12.5. The minimum Gasteiger partial charge on any atom is -0.477 e. The Morgan fingerprint density at radius 2 is 1.52 bits per heavy atom. The van der Waals surface area contributed by atoms with Crippen LogP contribution in [-0.4, -0.2) is 212 Å². The van der Waals surface area contributed by atoms with Crippen molar-refractivity contribution in [2.24, 2.45) is 23.7 Å². The van der Waals surface area contributed by atoms with Crippen LogP contribution in [-0.2, 0) is 66.5 Å². The number of hydrogen-bond donors (Lipinski definition) is 6. The van der Waals surface area contributed by atoms with E-state index in [-0.39, 0.29) is 87.0 Å². The number of aliphatic hydroxyl groups excluding tert-OH is 2. The van der Waals surface area contributed by atoms with Crippen LogP contribution < -0.4 is 16.1 Å². The number of aromatic nitrogens is 1. The van der Waals surface area contributed by atoms with E-state index < -0.39 is 132 Å². The third-order valence-corrected chi connectivity index (χ3v) is 17.9. The molecule has 4 fully saturated rings. The maximum absolute atomic E-state index is 14.6. The van der Waals surface area contributed by atoms with Crippen LogP contribution in [0.5, 0.6) is 0 Å². The molecule has 18 atom stereocenters. The lowest BCUT2D eigenvalue weighted by Gasteiger charge is -2.50. The highest BCUT2D eigenvalue weighted by Crippen LogP contribution is 2.43. The number of pyridine rings is 1. The second-order valence-electron chi connectivity index (χ2n) is 24.4. The zero-order valence-corrected chi connectivity index (χ0v) is 52.5. The van der Waals surface area contributed by atoms with E-state index in [9.17, 15) is 49.2 Å². The second-order valence-corrected chi connectivity index (χ2v) is 24.8. The largest absolute Gasteiger partial charge is 0.477 e. The first-order valence-corrected chi connectivity index (χ1v) is 30.0. The van der Waals surface area contributed by atoms with Gasteiger partial charge in [0.15, 0.2) is 18.7 Å². The van der Waals surface area contributed by atoms with Gasteiger partial charge in [0, 0.05) is 75.0 Å². The van der Waals surface area contributed by atoms with Gasteiger partial charge in [-0.3, -0.25) is 24.0 Å². The number of rotatable bonds is 23. The van der Waals surface area contributed by atoms with Gasteiger partial charge in [0.05, 0.1) is 84.7 Å². The van der Waals surface area contributed by atoms with Gasteiger partial charge in [0.1, 0.15) is 41.3 Å². The Bertz CT molecular complexity index is 2690. The quantitative estimate of drug-likeness (QED) is 0.0652. The number of fused-ring (bicyclic) bond motifs is 1. The van der Waals surface area contributed by atoms with Crippen LogP contribution in [0, 0.1) is 23.7 Å². The number of Topliss-reactive ketones (excluding diaryl/α,β-unsaturated/α-hetero) is 1. The molecule has 85 heavy (non-hydrogen) atoms. The van der Waals surface area contributed by atoms with Crippen molar-refractivity contribution in [1.29, 1.82) is 0 Å². The number of anilines is 1. The molecule has 480 valence electrons. The van der Waals surface area contributed by atoms with E-state index in [1.54, 1.807) is 65.2 Å². The van der Waals surface area contributed by atoms with E-state index >= 15 is 0 Å². The van der Waals surface area contributed by atoms with Crippen molar-refractivity contribution >= 4 is 57.8 Å². The number of amides is 1. The lowest BCUT2D eigenvalue weighted by molar-refractivity contribution is -0.320. The number of esters is 2. The number of carbonyl (C=O) groups excluding carboxylic acids is 4. The summed E-state index contributed by atoms with van der Waals surface area (Å²) in [5.41, 5.74) is -4.53. The zero-order chi connectivity index (χ0) is 63.0. The minimum absolute atomic E-state index is 0.0315. The number of hydrogen-bond acceptors (Lipinski definition) is 21. The Morgan fingerprint density at radius 1 is 0.871 bits per heavy atom. The van der Waals surface area contributed by atoms with Crippen molar-refractivity contribution in [3.8, 4) is 0 Å². The van der Waals surface area contributed by atoms with Crippen LogP contribution in [0.3, 0.4) is 0 Å². The van der Waals surface area contributed by atoms with Crippen molar-refractivity contribution in [1.82, 2.24) is 14.8 Å². The van der Waals surface area contributed by atoms with Gasteiger partial charge in [-0.05, 0) is 99.9 Å². The van der Waals surface area contributed by atoms with Gasteiger partial charge in [0.25, 0.3) is 0 Å². The number of likely N-dealkylation sites (N-methyl/N-ethyl adjacent to an activating group) is 1. The van der Waals surface area contributed by atoms with Crippen LogP contribution in [0.2, 0.25) is 5.02 Å². The minimum atomic E-state index is -2.05. The van der Waals surface area contributed by atoms with E-state index in [1.807, 2.05) is 25.9 Å². The molecule has 25 heteroatoms. The SMILES string of the molecule is CC[C@H]1OC(=O)[C@H](C)[C@@H](O[C@H]2C[C@@](C)(OC)[C@@H](OC(=O)CNC(=O)CCOCCOCCNc3cc4c(=O)c(C(=O)O)cn(C5CC5)c4cc3Cl)[C@H](C)O2)[C@H](C)[C@@H](O[C@H]2O[C@@H](C)C[C@@H](N(C)C)[C@@H]2O)[C@](C)(OC)C[C@@H](C)C(=O)[C@H](C)[C@@H](O)[C@]1(C)O. The molecule has 0 spiro atoms. The number of carboxylic acids is 1. The summed E-state index contributed by atoms with van der Waals surface area (Å²) in [6, 6.07) is 2.98. The van der Waals surface area contributed by atoms with Crippen molar-refractivity contribution < 1.29 is 91.8 Å². The highest BCUT2D eigenvalue weighted by Gasteiger charge is 2.55. The van der Waals surface area contributed by atoms with Crippen LogP contribution in [0.4, 0.5) is 5.69 Å². The highest BCUT2D eigenvalue weighted by molar-refractivity contribution is 6.34. The molecule has 3 aliphatic heterocycles. The fraction of sp³-hybridized carbons (Fsp3) is 0.767. The van der Waals surface area contributed by atoms with Gasteiger partial charge < -0.3 is 87.9 Å². The summed E-state index contributed by atoms with van der Waals surface area (Å²) in [7, 11) is 6.62. The van der Waals surface area contributed by atoms with Crippen LogP contribution in [0.25, 0.3) is 10.9 Å². The molecule has 1 aliphatic carbocycles. The van der Waals surface area contributed by atoms with E-state index in [0.29, 0.717) is 29.2 Å². The standard InChI is InChI=1S/C60H93ClN4O20/c1-15-44-60(10,75)52(71)33(4)48(68)31(2)27-58(8,76-13)53(85-57-50(70)43(64(11)12)24-32(3)80-57)34(5)51(35(6)56(74)82-44)84-47-28-59(9,77-14)54(36(7)81-47)83-46(67)29-63-45(66)18-20-78-22-23-79-21-19-62-41-25-38-42(26-40(41)61)65(37-16-17-37)30-39(49(38)69)55(72)73/h25-26,30-37,43-44,47,50-54,57,62,70-71,75H,15-24,27-29H2,1-14H3,(H,63,66)(H,72,73)/t31-,32+,33+,34+,35-,36+,43-,44-,47+,50+,51+,52-,53-,54+,57-,58-,59-,60-/m1/s1. The van der Waals surface area contributed by atoms with Crippen LogP contribution >= 0.6 is 11.6 Å². The summed E-state index contributed by atoms with van der Waals surface area (Å²) in [6.07, 6.45) is -7.14. The third-order valence-electron chi connectivity index (χ3n) is 17.6. The number of methoxy groups -OCH3 is 2. The molecule has 1 amide bonds. The molecule has 0 radical (unpaired) electrons. The number of carbonyl (C=O) groups is 5. The van der Waals surface area contributed by atoms with E-state index in [2.05, 4.69) is 10.6 Å². The van der Waals surface area contributed by atoms with Crippen LogP contribution in [0.1, 0.15) is 131 Å². The smallest absolute Gasteiger partial charge is 0.341 e. The number of cyclic esters (lactones) is 1. The summed E-state index contributed by atoms with van der Waals surface area (Å²) < 4.78 is 64.0. The molecule has 1 aromatic carbocycles. The molecular weight excluding hydrogens is 1130 g/mol. The molecule has 3 saturated heterocycles. The molecule has 0 bridgehead atoms. The molecule has 4 heterocycles. The van der Waals surface area contributed by atoms with E-state index in [1.165, 1.54) is 34.3 Å². The summed E-state index contributed by atoms with van der Waals surface area (Å²) in [5.74, 6) is -7.54. The molecule has 1 aromatic heterocycles. The number of aromatic carboxylic acids is 1. The molecule has 2 aromatic rings. The Kier molecular flexibility index (Phi) is 24.4. The van der Waals surface area contributed by atoms with E-state index in [4.69, 9.17) is 59.0 Å². The molecular formula is C60H93ClN4O20. The van der Waals surface area contributed by atoms with Gasteiger partial charge in [-0.15, -0.1) is 0 Å². The summed E-state index contributed by atoms with van der Waals surface area (Å²) in [6.45, 7) is 17.2. The summed E-state index contributed by atoms with van der Waals surface area (Å²) in [4.78, 5) is 81.7. The number of carboxylic acid groups (broad SMARTS) is 1. The predicted molar refractivity (Wildman–Crippen MR) is 311 cm³/mol. The number of benzene rings is 1. The Morgan fingerprint density at radius 3 is 2.13 bits per heavy atom. The van der Waals surface area contributed by atoms with Gasteiger partial charge in [0.2, 0.25) is 11.3 Å². The first-order chi connectivity index (χ1) is 39.9. The lowest BCUT2D eigenvalue weighted by Crippen LogP contribution is -2.62. The van der Waals surface area contributed by atoms with Crippen LogP contribution in [0.15, 0.2) is 23.1 Å². The molecule has 0 unspecified atom stereocenters. The monoisotopic (exact) mass is 1220 g/mol. The maximum atomic E-state index is 14.6. The first kappa shape index (κ1) is 69.7. The average Bonchev–Trinajstić information content (AvgIpc) is 2.52. The van der Waals surface area contributed by atoms with Gasteiger partial charge in [-0.25, -0.2) is 4.79 Å². The lowest BCUT2D eigenvalue weighted by atomic mass is 9.74. The summed E-state index contributed by atoms with van der Waals surface area (Å²) >= 11 is 6.55. The number of nitrogens with one attached hydrogen (secondary N) is 2. The Labute approximate surface area is 503 Å². The normalized spacial score (nSPS) is 35.3. The molecule has 6 N–H and O–H groups in total. The second kappa shape index (κ2) is 29.7. The molecule has 24 nitrogen and oxygen atoms in total. The average molecular weight is 1230 g/mol. The maximum Gasteiger partial charge on any atom is 0.341 e. The number of ketones is 1. The predicted octanol–water partition coefficient (Wildman–Crippen LogP) is 4.64. The van der Waals surface area contributed by atoms with E-state index in [0.717, 1.165) is 12.8 Å². The molecule has 4 aliphatic rings. The first-order valence-electron chi connectivity index (χ1n) is 29.6. The van der Waals surface area contributed by atoms with Crippen molar-refractivity contribution in [2.45, 2.75) is 204 Å². The number of nitrogens with zero attached hydrogens (tertiary/aromatic N) is 2. The van der Waals surface area contributed by atoms with Crippen molar-refractivity contribution in [3.05, 3.63) is 39.1 Å². The molecule has 1 saturated carbocycles. The van der Waals surface area contributed by atoms with Gasteiger partial charge in [-0.2, -0.15) is 0 Å².